The minimum Gasteiger partial charge on any atom is -0.335 e. The van der Waals surface area contributed by atoms with Gasteiger partial charge < -0.3 is 5.32 Å². The molecule has 0 aliphatic rings. The van der Waals surface area contributed by atoms with Crippen LogP contribution in [0.2, 0.25) is 0 Å². The number of rotatable bonds is 4. The number of carbonyl (C=O) groups is 1. The van der Waals surface area contributed by atoms with Gasteiger partial charge in [-0.05, 0) is 25.3 Å². The first-order valence-electron chi connectivity index (χ1n) is 5.03. The van der Waals surface area contributed by atoms with Gasteiger partial charge in [0.25, 0.3) is 0 Å². The number of benzene rings is 1. The molecule has 0 radical (unpaired) electrons. The molecule has 0 fully saturated rings. The fourth-order valence-corrected chi connectivity index (χ4v) is 1.37. The summed E-state index contributed by atoms with van der Waals surface area (Å²) in [6.45, 7) is 1.96. The van der Waals surface area contributed by atoms with Crippen LogP contribution in [0.4, 0.5) is 4.79 Å². The highest BCUT2D eigenvalue weighted by Gasteiger charge is 2.05. The van der Waals surface area contributed by atoms with E-state index in [1.807, 2.05) is 30.5 Å². The van der Waals surface area contributed by atoms with Gasteiger partial charge in [-0.25, -0.2) is 10.6 Å². The van der Waals surface area contributed by atoms with Gasteiger partial charge in [0.1, 0.15) is 0 Å². The minimum absolute atomic E-state index is 0.119. The zero-order valence-corrected chi connectivity index (χ0v) is 8.86. The van der Waals surface area contributed by atoms with Crippen LogP contribution < -0.4 is 16.6 Å². The standard InChI is InChI=1S/C11H17N3O/c1-9(13-11(15)14-12)7-8-10-5-3-2-4-6-10/h2-6,9H,7-8,12H2,1H3,(H2,13,14,15). The smallest absolute Gasteiger partial charge is 0.329 e. The van der Waals surface area contributed by atoms with E-state index in [4.69, 9.17) is 5.84 Å². The van der Waals surface area contributed by atoms with Crippen LogP contribution in [0.3, 0.4) is 0 Å². The number of amides is 2. The lowest BCUT2D eigenvalue weighted by atomic mass is 10.1. The van der Waals surface area contributed by atoms with E-state index in [0.717, 1.165) is 12.8 Å². The molecule has 0 saturated carbocycles. The van der Waals surface area contributed by atoms with E-state index >= 15 is 0 Å². The number of urea groups is 1. The predicted octanol–water partition coefficient (Wildman–Crippen LogP) is 1.18. The van der Waals surface area contributed by atoms with E-state index in [0.29, 0.717) is 0 Å². The van der Waals surface area contributed by atoms with Gasteiger partial charge in [-0.1, -0.05) is 30.3 Å². The molecule has 0 aliphatic carbocycles. The number of hydrogen-bond donors (Lipinski definition) is 3. The summed E-state index contributed by atoms with van der Waals surface area (Å²) in [5.41, 5.74) is 3.32. The molecule has 4 heteroatoms. The van der Waals surface area contributed by atoms with Gasteiger partial charge in [-0.15, -0.1) is 0 Å². The summed E-state index contributed by atoms with van der Waals surface area (Å²) in [6.07, 6.45) is 1.85. The van der Waals surface area contributed by atoms with Crippen LogP contribution in [0.5, 0.6) is 0 Å². The summed E-state index contributed by atoms with van der Waals surface area (Å²) in [4.78, 5) is 10.9. The van der Waals surface area contributed by atoms with E-state index in [9.17, 15) is 4.79 Å². The Kier molecular flexibility index (Phi) is 4.63. The molecule has 0 saturated heterocycles. The average molecular weight is 207 g/mol. The summed E-state index contributed by atoms with van der Waals surface area (Å²) in [7, 11) is 0. The first-order valence-corrected chi connectivity index (χ1v) is 5.03. The number of carbonyl (C=O) groups excluding carboxylic acids is 1. The molecule has 0 bridgehead atoms. The fourth-order valence-electron chi connectivity index (χ4n) is 1.37. The molecule has 4 nitrogen and oxygen atoms in total. The molecule has 1 atom stereocenters. The largest absolute Gasteiger partial charge is 0.335 e. The Bertz CT molecular complexity index is 300. The Morgan fingerprint density at radius 2 is 2.07 bits per heavy atom. The lowest BCUT2D eigenvalue weighted by Crippen LogP contribution is -2.44. The van der Waals surface area contributed by atoms with Crippen molar-refractivity contribution in [2.45, 2.75) is 25.8 Å². The normalized spacial score (nSPS) is 11.9. The molecule has 1 aromatic carbocycles. The van der Waals surface area contributed by atoms with Gasteiger partial charge in [-0.2, -0.15) is 0 Å². The first-order chi connectivity index (χ1) is 7.22. The topological polar surface area (TPSA) is 67.2 Å². The fraction of sp³-hybridized carbons (Fsp3) is 0.364. The monoisotopic (exact) mass is 207 g/mol. The Morgan fingerprint density at radius 1 is 1.40 bits per heavy atom. The van der Waals surface area contributed by atoms with Gasteiger partial charge in [-0.3, -0.25) is 5.43 Å². The van der Waals surface area contributed by atoms with Gasteiger partial charge in [0.2, 0.25) is 0 Å². The number of nitrogens with two attached hydrogens (primary N) is 1. The van der Waals surface area contributed by atoms with Gasteiger partial charge in [0.05, 0.1) is 0 Å². The molecule has 0 aromatic heterocycles. The third-order valence-electron chi connectivity index (χ3n) is 2.22. The quantitative estimate of drug-likeness (QED) is 0.394. The number of hydrazine groups is 1. The van der Waals surface area contributed by atoms with Crippen molar-refractivity contribution >= 4 is 6.03 Å². The van der Waals surface area contributed by atoms with Crippen molar-refractivity contribution in [2.75, 3.05) is 0 Å². The van der Waals surface area contributed by atoms with Crippen LogP contribution in [0, 0.1) is 0 Å². The SMILES string of the molecule is CC(CCc1ccccc1)NC(=O)NN. The first kappa shape index (κ1) is 11.5. The van der Waals surface area contributed by atoms with Gasteiger partial charge >= 0.3 is 6.03 Å². The molecule has 0 aliphatic heterocycles. The zero-order chi connectivity index (χ0) is 11.1. The third kappa shape index (κ3) is 4.46. The highest BCUT2D eigenvalue weighted by Crippen LogP contribution is 2.04. The molecule has 1 aromatic rings. The highest BCUT2D eigenvalue weighted by atomic mass is 16.2. The van der Waals surface area contributed by atoms with Crippen LogP contribution in [0.15, 0.2) is 30.3 Å². The molecule has 82 valence electrons. The van der Waals surface area contributed by atoms with Gasteiger partial charge in [0, 0.05) is 6.04 Å². The molecule has 0 heterocycles. The van der Waals surface area contributed by atoms with Crippen molar-refractivity contribution in [1.82, 2.24) is 10.7 Å². The number of aryl methyl sites for hydroxylation is 1. The Balaban J connectivity index is 2.28. The van der Waals surface area contributed by atoms with Crippen LogP contribution in [0.1, 0.15) is 18.9 Å². The maximum atomic E-state index is 10.9. The molecular formula is C11H17N3O. The summed E-state index contributed by atoms with van der Waals surface area (Å²) in [5, 5.41) is 2.72. The van der Waals surface area contributed by atoms with Crippen molar-refractivity contribution in [2.24, 2.45) is 5.84 Å². The maximum absolute atomic E-state index is 10.9. The van der Waals surface area contributed by atoms with Gasteiger partial charge in [0.15, 0.2) is 0 Å². The molecule has 1 rings (SSSR count). The van der Waals surface area contributed by atoms with Crippen molar-refractivity contribution in [1.29, 1.82) is 0 Å². The summed E-state index contributed by atoms with van der Waals surface area (Å²) >= 11 is 0. The molecule has 15 heavy (non-hydrogen) atoms. The number of hydrogen-bond acceptors (Lipinski definition) is 2. The Labute approximate surface area is 89.8 Å². The number of nitrogens with one attached hydrogen (secondary N) is 2. The molecular weight excluding hydrogens is 190 g/mol. The second-order valence-electron chi connectivity index (χ2n) is 3.54. The zero-order valence-electron chi connectivity index (χ0n) is 8.86. The molecule has 0 spiro atoms. The Morgan fingerprint density at radius 3 is 2.67 bits per heavy atom. The predicted molar refractivity (Wildman–Crippen MR) is 60.1 cm³/mol. The lowest BCUT2D eigenvalue weighted by molar-refractivity contribution is 0.237. The van der Waals surface area contributed by atoms with Crippen molar-refractivity contribution in [3.05, 3.63) is 35.9 Å². The van der Waals surface area contributed by atoms with Crippen molar-refractivity contribution in [3.8, 4) is 0 Å². The summed E-state index contributed by atoms with van der Waals surface area (Å²) in [6, 6.07) is 9.96. The average Bonchev–Trinajstić information content (AvgIpc) is 2.27. The molecule has 1 unspecified atom stereocenters. The van der Waals surface area contributed by atoms with Crippen molar-refractivity contribution in [3.63, 3.8) is 0 Å². The van der Waals surface area contributed by atoms with E-state index in [1.165, 1.54) is 5.56 Å². The van der Waals surface area contributed by atoms with Crippen LogP contribution >= 0.6 is 0 Å². The second-order valence-corrected chi connectivity index (χ2v) is 3.54. The minimum atomic E-state index is -0.337. The molecule has 2 amide bonds. The Hall–Kier alpha value is -1.55. The van der Waals surface area contributed by atoms with E-state index < -0.39 is 0 Å². The summed E-state index contributed by atoms with van der Waals surface area (Å²) < 4.78 is 0. The third-order valence-corrected chi connectivity index (χ3v) is 2.22. The van der Waals surface area contributed by atoms with Crippen LogP contribution in [-0.4, -0.2) is 12.1 Å². The lowest BCUT2D eigenvalue weighted by Gasteiger charge is -2.12. The highest BCUT2D eigenvalue weighted by molar-refractivity contribution is 5.73. The van der Waals surface area contributed by atoms with Crippen LogP contribution in [0.25, 0.3) is 0 Å². The molecule has 4 N–H and O–H groups in total. The maximum Gasteiger partial charge on any atom is 0.329 e. The summed E-state index contributed by atoms with van der Waals surface area (Å²) in [5.74, 6) is 4.97. The van der Waals surface area contributed by atoms with E-state index in [-0.39, 0.29) is 12.1 Å². The van der Waals surface area contributed by atoms with Crippen LogP contribution in [-0.2, 0) is 6.42 Å². The van der Waals surface area contributed by atoms with Crippen molar-refractivity contribution < 1.29 is 4.79 Å². The van der Waals surface area contributed by atoms with E-state index in [2.05, 4.69) is 17.4 Å². The second kappa shape index (κ2) is 6.03. The van der Waals surface area contributed by atoms with E-state index in [1.54, 1.807) is 0 Å².